The summed E-state index contributed by atoms with van der Waals surface area (Å²) in [5.41, 5.74) is 1.15. The number of hydrogen-bond acceptors (Lipinski definition) is 5. The minimum absolute atomic E-state index is 0.106. The molecular formula is C19H23N2O4-. The molecule has 1 unspecified atom stereocenters. The van der Waals surface area contributed by atoms with Crippen LogP contribution in [0.1, 0.15) is 55.8 Å². The summed E-state index contributed by atoms with van der Waals surface area (Å²) in [5.74, 6) is -0.924. The molecule has 0 amide bonds. The lowest BCUT2D eigenvalue weighted by Gasteiger charge is -2.17. The van der Waals surface area contributed by atoms with Crippen molar-refractivity contribution in [3.8, 4) is 5.75 Å². The van der Waals surface area contributed by atoms with Gasteiger partial charge in [0.05, 0.1) is 6.10 Å². The van der Waals surface area contributed by atoms with E-state index < -0.39 is 17.4 Å². The Morgan fingerprint density at radius 1 is 1.28 bits per heavy atom. The molecule has 0 saturated heterocycles. The van der Waals surface area contributed by atoms with Gasteiger partial charge < -0.3 is 19.6 Å². The first kappa shape index (κ1) is 18.7. The molecule has 2 rings (SSSR count). The molecule has 25 heavy (non-hydrogen) atoms. The molecule has 1 heterocycles. The van der Waals surface area contributed by atoms with Gasteiger partial charge in [0, 0.05) is 29.6 Å². The average Bonchev–Trinajstić information content (AvgIpc) is 2.52. The number of H-pyrrole nitrogens is 1. The summed E-state index contributed by atoms with van der Waals surface area (Å²) in [6.45, 7) is 7.28. The summed E-state index contributed by atoms with van der Waals surface area (Å²) in [4.78, 5) is 30.6. The van der Waals surface area contributed by atoms with Gasteiger partial charge in [-0.15, -0.1) is 0 Å². The first-order chi connectivity index (χ1) is 11.8. The fraction of sp³-hybridized carbons (Fsp3) is 0.421. The van der Waals surface area contributed by atoms with Gasteiger partial charge in [0.25, 0.3) is 5.56 Å². The lowest BCUT2D eigenvalue weighted by Crippen LogP contribution is -2.34. The van der Waals surface area contributed by atoms with Crippen LogP contribution in [0.4, 0.5) is 0 Å². The predicted molar refractivity (Wildman–Crippen MR) is 92.6 cm³/mol. The molecule has 1 atom stereocenters. The second-order valence-electron chi connectivity index (χ2n) is 6.28. The number of carboxylic acid groups (broad SMARTS) is 1. The molecule has 0 aliphatic rings. The van der Waals surface area contributed by atoms with Crippen LogP contribution in [0.3, 0.4) is 0 Å². The van der Waals surface area contributed by atoms with E-state index in [9.17, 15) is 14.7 Å². The van der Waals surface area contributed by atoms with Crippen molar-refractivity contribution in [2.24, 2.45) is 0 Å². The van der Waals surface area contributed by atoms with Crippen molar-refractivity contribution in [1.82, 2.24) is 9.97 Å². The van der Waals surface area contributed by atoms with Crippen molar-refractivity contribution >= 4 is 5.97 Å². The van der Waals surface area contributed by atoms with Crippen LogP contribution in [0, 0.1) is 6.92 Å². The number of benzene rings is 1. The van der Waals surface area contributed by atoms with Crippen molar-refractivity contribution in [3.05, 3.63) is 57.3 Å². The molecule has 0 bridgehead atoms. The van der Waals surface area contributed by atoms with E-state index in [-0.39, 0.29) is 18.1 Å². The van der Waals surface area contributed by atoms with E-state index in [1.54, 1.807) is 13.8 Å². The molecule has 0 radical (unpaired) electrons. The highest BCUT2D eigenvalue weighted by Crippen LogP contribution is 2.19. The van der Waals surface area contributed by atoms with Crippen molar-refractivity contribution in [2.75, 3.05) is 0 Å². The van der Waals surface area contributed by atoms with Crippen molar-refractivity contribution < 1.29 is 14.6 Å². The van der Waals surface area contributed by atoms with Gasteiger partial charge in [0.2, 0.25) is 0 Å². The molecule has 1 N–H and O–H groups in total. The zero-order chi connectivity index (χ0) is 18.6. The van der Waals surface area contributed by atoms with Gasteiger partial charge in [-0.3, -0.25) is 4.79 Å². The van der Waals surface area contributed by atoms with Crippen molar-refractivity contribution in [1.29, 1.82) is 0 Å². The van der Waals surface area contributed by atoms with Crippen LogP contribution < -0.4 is 15.4 Å². The first-order valence-electron chi connectivity index (χ1n) is 8.38. The van der Waals surface area contributed by atoms with Gasteiger partial charge in [-0.1, -0.05) is 19.1 Å². The minimum atomic E-state index is -1.26. The Kier molecular flexibility index (Phi) is 5.96. The fourth-order valence-electron chi connectivity index (χ4n) is 2.79. The van der Waals surface area contributed by atoms with Crippen molar-refractivity contribution in [3.63, 3.8) is 0 Å². The van der Waals surface area contributed by atoms with Crippen LogP contribution in [0.2, 0.25) is 0 Å². The Bertz CT molecular complexity index is 794. The maximum absolute atomic E-state index is 12.3. The number of aromatic amines is 1. The normalized spacial score (nSPS) is 12.2. The lowest BCUT2D eigenvalue weighted by molar-refractivity contribution is -0.308. The Labute approximate surface area is 146 Å². The molecule has 0 aliphatic carbocycles. The molecule has 1 aromatic heterocycles. The second kappa shape index (κ2) is 7.96. The summed E-state index contributed by atoms with van der Waals surface area (Å²) in [7, 11) is 0. The van der Waals surface area contributed by atoms with E-state index >= 15 is 0 Å². The van der Waals surface area contributed by atoms with Gasteiger partial charge in [-0.25, -0.2) is 4.98 Å². The van der Waals surface area contributed by atoms with Gasteiger partial charge in [-0.2, -0.15) is 0 Å². The number of aryl methyl sites for hydroxylation is 1. The highest BCUT2D eigenvalue weighted by Gasteiger charge is 2.19. The molecule has 1 aromatic carbocycles. The number of aromatic nitrogens is 2. The Morgan fingerprint density at radius 2 is 1.92 bits per heavy atom. The Hall–Kier alpha value is -2.63. The number of nitrogens with zero attached hydrogens (tertiary/aromatic N) is 1. The number of aliphatic carboxylic acids is 1. The fourth-order valence-corrected chi connectivity index (χ4v) is 2.79. The maximum Gasteiger partial charge on any atom is 0.254 e. The Morgan fingerprint density at radius 3 is 2.40 bits per heavy atom. The third kappa shape index (κ3) is 4.68. The van der Waals surface area contributed by atoms with Gasteiger partial charge in [0.1, 0.15) is 11.6 Å². The van der Waals surface area contributed by atoms with Gasteiger partial charge in [0.15, 0.2) is 0 Å². The quantitative estimate of drug-likeness (QED) is 0.825. The largest absolute Gasteiger partial charge is 0.549 e. The topological polar surface area (TPSA) is 95.1 Å². The molecule has 6 heteroatoms. The van der Waals surface area contributed by atoms with E-state index in [1.807, 2.05) is 38.1 Å². The third-order valence-corrected chi connectivity index (χ3v) is 3.90. The SMILES string of the molecule is CCC(C(=O)[O-])c1c(C)nc(Cc2ccc(OC(C)C)cc2)[nH]c1=O. The maximum atomic E-state index is 12.3. The molecule has 134 valence electrons. The number of rotatable bonds is 7. The second-order valence-corrected chi connectivity index (χ2v) is 6.28. The van der Waals surface area contributed by atoms with Crippen LogP contribution in [0.5, 0.6) is 5.75 Å². The standard InChI is InChI=1S/C19H24N2O4/c1-5-15(19(23)24)17-12(4)20-16(21-18(17)22)10-13-6-8-14(9-7-13)25-11(2)3/h6-9,11,15H,5,10H2,1-4H3,(H,23,24)(H,20,21,22)/p-1. The summed E-state index contributed by atoms with van der Waals surface area (Å²) in [6, 6.07) is 7.57. The number of nitrogens with one attached hydrogen (secondary N) is 1. The highest BCUT2D eigenvalue weighted by molar-refractivity contribution is 5.74. The molecular weight excluding hydrogens is 320 g/mol. The number of hydrogen-bond donors (Lipinski definition) is 1. The zero-order valence-corrected chi connectivity index (χ0v) is 15.0. The van der Waals surface area contributed by atoms with Crippen molar-refractivity contribution in [2.45, 2.75) is 52.6 Å². The van der Waals surface area contributed by atoms with Gasteiger partial charge in [-0.05, 0) is 44.9 Å². The molecule has 6 nitrogen and oxygen atoms in total. The number of carboxylic acids is 1. The summed E-state index contributed by atoms with van der Waals surface area (Å²) in [6.07, 6.45) is 0.833. The summed E-state index contributed by atoms with van der Waals surface area (Å²) in [5, 5.41) is 11.2. The highest BCUT2D eigenvalue weighted by atomic mass is 16.5. The lowest BCUT2D eigenvalue weighted by atomic mass is 9.96. The van der Waals surface area contributed by atoms with Crippen LogP contribution in [0.25, 0.3) is 0 Å². The Balaban J connectivity index is 2.24. The molecule has 0 spiro atoms. The smallest absolute Gasteiger partial charge is 0.254 e. The van der Waals surface area contributed by atoms with E-state index in [1.165, 1.54) is 0 Å². The molecule has 0 fully saturated rings. The zero-order valence-electron chi connectivity index (χ0n) is 15.0. The number of carbonyl (C=O) groups is 1. The van der Waals surface area contributed by atoms with Gasteiger partial charge >= 0.3 is 0 Å². The van der Waals surface area contributed by atoms with E-state index in [0.717, 1.165) is 11.3 Å². The van der Waals surface area contributed by atoms with E-state index in [0.29, 0.717) is 17.9 Å². The number of ether oxygens (including phenoxy) is 1. The molecule has 0 aliphatic heterocycles. The third-order valence-electron chi connectivity index (χ3n) is 3.90. The van der Waals surface area contributed by atoms with E-state index in [4.69, 9.17) is 4.74 Å². The number of carbonyl (C=O) groups excluding carboxylic acids is 1. The van der Waals surface area contributed by atoms with Crippen LogP contribution in [-0.4, -0.2) is 22.0 Å². The first-order valence-corrected chi connectivity index (χ1v) is 8.38. The van der Waals surface area contributed by atoms with Crippen LogP contribution in [0.15, 0.2) is 29.1 Å². The molecule has 0 saturated carbocycles. The monoisotopic (exact) mass is 343 g/mol. The van der Waals surface area contributed by atoms with Crippen LogP contribution >= 0.6 is 0 Å². The predicted octanol–water partition coefficient (Wildman–Crippen LogP) is 1.70. The molecule has 2 aromatic rings. The summed E-state index contributed by atoms with van der Waals surface area (Å²) >= 11 is 0. The van der Waals surface area contributed by atoms with Crippen LogP contribution in [-0.2, 0) is 11.2 Å². The average molecular weight is 343 g/mol. The summed E-state index contributed by atoms with van der Waals surface area (Å²) < 4.78 is 5.60. The minimum Gasteiger partial charge on any atom is -0.549 e. The van der Waals surface area contributed by atoms with E-state index in [2.05, 4.69) is 9.97 Å².